The van der Waals surface area contributed by atoms with E-state index in [4.69, 9.17) is 17.3 Å². The lowest BCUT2D eigenvalue weighted by molar-refractivity contribution is 1.24. The van der Waals surface area contributed by atoms with Gasteiger partial charge in [-0.2, -0.15) is 0 Å². The zero-order valence-corrected chi connectivity index (χ0v) is 9.70. The number of aryl methyl sites for hydroxylation is 1. The summed E-state index contributed by atoms with van der Waals surface area (Å²) in [6.45, 7) is 5.86. The Labute approximate surface area is 86.3 Å². The second-order valence-electron chi connectivity index (χ2n) is 1.96. The predicted octanol–water partition coefficient (Wildman–Crippen LogP) is 3.41. The number of pyridine rings is 1. The fourth-order valence-corrected chi connectivity index (χ4v) is 1.08. The number of rotatable bonds is 0. The summed E-state index contributed by atoms with van der Waals surface area (Å²) < 4.78 is 0.595. The largest absolute Gasteiger partial charge is 0.383 e. The highest BCUT2D eigenvalue weighted by molar-refractivity contribution is 9.10. The van der Waals surface area contributed by atoms with Gasteiger partial charge in [0.05, 0.1) is 5.02 Å². The van der Waals surface area contributed by atoms with Gasteiger partial charge >= 0.3 is 0 Å². The van der Waals surface area contributed by atoms with E-state index in [-0.39, 0.29) is 0 Å². The minimum Gasteiger partial charge on any atom is -0.383 e. The van der Waals surface area contributed by atoms with E-state index in [1.54, 1.807) is 6.07 Å². The van der Waals surface area contributed by atoms with Crippen molar-refractivity contribution in [2.45, 2.75) is 20.8 Å². The molecule has 4 heteroatoms. The second kappa shape index (κ2) is 5.38. The lowest BCUT2D eigenvalue weighted by Crippen LogP contribution is -1.93. The Morgan fingerprint density at radius 2 is 2.00 bits per heavy atom. The zero-order valence-electron chi connectivity index (χ0n) is 7.36. The second-order valence-corrected chi connectivity index (χ2v) is 3.12. The molecule has 1 aromatic heterocycles. The Kier molecular flexibility index (Phi) is 5.25. The fraction of sp³-hybridized carbons (Fsp3) is 0.375. The monoisotopic (exact) mass is 250 g/mol. The molecule has 0 spiro atoms. The van der Waals surface area contributed by atoms with Gasteiger partial charge in [0.15, 0.2) is 0 Å². The Balaban J connectivity index is 0.000000561. The maximum atomic E-state index is 5.72. The molecule has 0 unspecified atom stereocenters. The van der Waals surface area contributed by atoms with E-state index >= 15 is 0 Å². The first-order valence-electron chi connectivity index (χ1n) is 3.69. The number of hydrogen-bond donors (Lipinski definition) is 1. The lowest BCUT2D eigenvalue weighted by atomic mass is 10.3. The molecule has 12 heavy (non-hydrogen) atoms. The van der Waals surface area contributed by atoms with Crippen LogP contribution >= 0.6 is 27.5 Å². The van der Waals surface area contributed by atoms with E-state index in [2.05, 4.69) is 20.9 Å². The molecule has 0 aliphatic carbocycles. The molecule has 0 aliphatic rings. The summed E-state index contributed by atoms with van der Waals surface area (Å²) in [5, 5.41) is 0.590. The van der Waals surface area contributed by atoms with E-state index < -0.39 is 0 Å². The lowest BCUT2D eigenvalue weighted by Gasteiger charge is -1.99. The first-order valence-corrected chi connectivity index (χ1v) is 4.86. The SMILES string of the molecule is CC.Cc1cc(Cl)c(Br)nc1N. The van der Waals surface area contributed by atoms with Crippen LogP contribution in [0, 0.1) is 6.92 Å². The van der Waals surface area contributed by atoms with Crippen LogP contribution in [0.15, 0.2) is 10.7 Å². The molecule has 0 aromatic carbocycles. The Morgan fingerprint density at radius 1 is 1.50 bits per heavy atom. The standard InChI is InChI=1S/C6H6BrClN2.C2H6/c1-3-2-4(8)5(7)10-6(3)9;1-2/h2H,1H3,(H2,9,10);1-2H3. The maximum Gasteiger partial charge on any atom is 0.127 e. The summed E-state index contributed by atoms with van der Waals surface area (Å²) >= 11 is 8.88. The molecule has 0 atom stereocenters. The number of nitrogen functional groups attached to an aromatic ring is 1. The van der Waals surface area contributed by atoms with Crippen molar-refractivity contribution in [2.24, 2.45) is 0 Å². The van der Waals surface area contributed by atoms with Crippen LogP contribution in [0.2, 0.25) is 5.02 Å². The van der Waals surface area contributed by atoms with Crippen molar-refractivity contribution in [3.05, 3.63) is 21.3 Å². The summed E-state index contributed by atoms with van der Waals surface area (Å²) in [5.74, 6) is 0.510. The van der Waals surface area contributed by atoms with E-state index in [1.807, 2.05) is 20.8 Å². The summed E-state index contributed by atoms with van der Waals surface area (Å²) in [4.78, 5) is 3.94. The molecular weight excluding hydrogens is 239 g/mol. The molecule has 0 radical (unpaired) electrons. The molecular formula is C8H12BrClN2. The van der Waals surface area contributed by atoms with E-state index in [9.17, 15) is 0 Å². The van der Waals surface area contributed by atoms with Crippen molar-refractivity contribution in [3.8, 4) is 0 Å². The van der Waals surface area contributed by atoms with Crippen LogP contribution < -0.4 is 5.73 Å². The normalized spacial score (nSPS) is 8.75. The van der Waals surface area contributed by atoms with Crippen molar-refractivity contribution in [2.75, 3.05) is 5.73 Å². The average molecular weight is 252 g/mol. The molecule has 1 heterocycles. The van der Waals surface area contributed by atoms with Crippen LogP contribution in [-0.2, 0) is 0 Å². The van der Waals surface area contributed by atoms with Crippen LogP contribution in [0.3, 0.4) is 0 Å². The third kappa shape index (κ3) is 2.99. The number of anilines is 1. The van der Waals surface area contributed by atoms with Gasteiger partial charge in [-0.25, -0.2) is 4.98 Å². The van der Waals surface area contributed by atoms with Gasteiger partial charge in [0.2, 0.25) is 0 Å². The molecule has 1 aromatic rings. The number of hydrogen-bond acceptors (Lipinski definition) is 2. The maximum absolute atomic E-state index is 5.72. The zero-order chi connectivity index (χ0) is 9.72. The van der Waals surface area contributed by atoms with Gasteiger partial charge in [0.25, 0.3) is 0 Å². The van der Waals surface area contributed by atoms with E-state index in [0.29, 0.717) is 15.4 Å². The molecule has 0 bridgehead atoms. The highest BCUT2D eigenvalue weighted by Crippen LogP contribution is 2.23. The van der Waals surface area contributed by atoms with Crippen molar-refractivity contribution in [1.29, 1.82) is 0 Å². The number of nitrogens with two attached hydrogens (primary N) is 1. The molecule has 1 rings (SSSR count). The molecule has 0 amide bonds. The van der Waals surface area contributed by atoms with Crippen LogP contribution in [-0.4, -0.2) is 4.98 Å². The van der Waals surface area contributed by atoms with Crippen molar-refractivity contribution < 1.29 is 0 Å². The van der Waals surface area contributed by atoms with Crippen LogP contribution in [0.1, 0.15) is 19.4 Å². The molecule has 0 fully saturated rings. The molecule has 2 nitrogen and oxygen atoms in total. The molecule has 0 saturated heterocycles. The van der Waals surface area contributed by atoms with Gasteiger partial charge in [-0.15, -0.1) is 0 Å². The first kappa shape index (κ1) is 11.7. The number of halogens is 2. The van der Waals surface area contributed by atoms with Gasteiger partial charge in [0.1, 0.15) is 10.4 Å². The van der Waals surface area contributed by atoms with E-state index in [1.165, 1.54) is 0 Å². The average Bonchev–Trinajstić information content (AvgIpc) is 2.05. The summed E-state index contributed by atoms with van der Waals surface area (Å²) in [6, 6.07) is 1.77. The molecule has 2 N–H and O–H groups in total. The minimum absolute atomic E-state index is 0.510. The van der Waals surface area contributed by atoms with Crippen LogP contribution in [0.25, 0.3) is 0 Å². The van der Waals surface area contributed by atoms with Gasteiger partial charge < -0.3 is 5.73 Å². The quantitative estimate of drug-likeness (QED) is 0.718. The highest BCUT2D eigenvalue weighted by atomic mass is 79.9. The van der Waals surface area contributed by atoms with E-state index in [0.717, 1.165) is 5.56 Å². The van der Waals surface area contributed by atoms with Crippen molar-refractivity contribution >= 4 is 33.3 Å². The number of nitrogens with zero attached hydrogens (tertiary/aromatic N) is 1. The topological polar surface area (TPSA) is 38.9 Å². The van der Waals surface area contributed by atoms with Crippen molar-refractivity contribution in [3.63, 3.8) is 0 Å². The number of aromatic nitrogens is 1. The van der Waals surface area contributed by atoms with Gasteiger partial charge in [-0.3, -0.25) is 0 Å². The molecule has 68 valence electrons. The fourth-order valence-electron chi connectivity index (χ4n) is 0.571. The summed E-state index contributed by atoms with van der Waals surface area (Å²) in [6.07, 6.45) is 0. The van der Waals surface area contributed by atoms with Gasteiger partial charge in [-0.1, -0.05) is 25.4 Å². The minimum atomic E-state index is 0.510. The van der Waals surface area contributed by atoms with Crippen LogP contribution in [0.5, 0.6) is 0 Å². The van der Waals surface area contributed by atoms with Crippen molar-refractivity contribution in [1.82, 2.24) is 4.98 Å². The smallest absolute Gasteiger partial charge is 0.127 e. The summed E-state index contributed by atoms with van der Waals surface area (Å²) in [7, 11) is 0. The summed E-state index contributed by atoms with van der Waals surface area (Å²) in [5.41, 5.74) is 6.39. The third-order valence-corrected chi connectivity index (χ3v) is 2.28. The predicted molar refractivity (Wildman–Crippen MR) is 57.4 cm³/mol. The molecule has 0 saturated carbocycles. The highest BCUT2D eigenvalue weighted by Gasteiger charge is 2.00. The van der Waals surface area contributed by atoms with Gasteiger partial charge in [0, 0.05) is 0 Å². The first-order chi connectivity index (χ1) is 5.61. The third-order valence-electron chi connectivity index (χ3n) is 1.16. The molecule has 0 aliphatic heterocycles. The Hall–Kier alpha value is -0.280. The Bertz CT molecular complexity index is 213. The van der Waals surface area contributed by atoms with Crippen LogP contribution in [0.4, 0.5) is 5.82 Å². The Morgan fingerprint density at radius 3 is 2.42 bits per heavy atom. The van der Waals surface area contributed by atoms with Gasteiger partial charge in [-0.05, 0) is 34.5 Å².